The van der Waals surface area contributed by atoms with Crippen molar-refractivity contribution in [3.8, 4) is 5.75 Å². The monoisotopic (exact) mass is 276 g/mol. The molecular formula is C13H16N4OS. The van der Waals surface area contributed by atoms with Crippen LogP contribution in [0.15, 0.2) is 24.3 Å². The predicted molar refractivity (Wildman–Crippen MR) is 73.9 cm³/mol. The van der Waals surface area contributed by atoms with Crippen molar-refractivity contribution in [2.75, 3.05) is 0 Å². The molecule has 1 atom stereocenters. The van der Waals surface area contributed by atoms with Crippen LogP contribution in [0.4, 0.5) is 0 Å². The number of rotatable bonds is 5. The fraction of sp³-hybridized carbons (Fsp3) is 0.385. The minimum absolute atomic E-state index is 0.0947. The van der Waals surface area contributed by atoms with Crippen LogP contribution in [0.1, 0.15) is 35.0 Å². The van der Waals surface area contributed by atoms with Gasteiger partial charge in [-0.25, -0.2) is 5.43 Å². The van der Waals surface area contributed by atoms with Crippen LogP contribution in [-0.4, -0.2) is 15.7 Å². The quantitative estimate of drug-likeness (QED) is 0.645. The summed E-state index contributed by atoms with van der Waals surface area (Å²) in [6.45, 7) is 1.94. The van der Waals surface area contributed by atoms with Gasteiger partial charge in [0.25, 0.3) is 0 Å². The number of nitrogens with one attached hydrogen (secondary N) is 1. The number of ether oxygens (including phenoxy) is 1. The Kier molecular flexibility index (Phi) is 3.46. The predicted octanol–water partition coefficient (Wildman–Crippen LogP) is 1.94. The molecule has 0 saturated heterocycles. The zero-order valence-corrected chi connectivity index (χ0v) is 11.5. The molecule has 3 rings (SSSR count). The van der Waals surface area contributed by atoms with Gasteiger partial charge in [-0.05, 0) is 49.0 Å². The average Bonchev–Trinajstić information content (AvgIpc) is 3.13. The Hall–Kier alpha value is -1.50. The van der Waals surface area contributed by atoms with Gasteiger partial charge in [0.1, 0.15) is 5.75 Å². The van der Waals surface area contributed by atoms with E-state index in [0.717, 1.165) is 34.7 Å². The first-order valence-corrected chi connectivity index (χ1v) is 7.07. The summed E-state index contributed by atoms with van der Waals surface area (Å²) in [6.07, 6.45) is 2.70. The van der Waals surface area contributed by atoms with Crippen LogP contribution < -0.4 is 16.0 Å². The number of nitrogens with zero attached hydrogens (tertiary/aromatic N) is 2. The molecule has 1 aliphatic rings. The maximum Gasteiger partial charge on any atom is 0.120 e. The summed E-state index contributed by atoms with van der Waals surface area (Å²) in [5.41, 5.74) is 4.80. The van der Waals surface area contributed by atoms with Crippen molar-refractivity contribution in [3.63, 3.8) is 0 Å². The van der Waals surface area contributed by atoms with E-state index >= 15 is 0 Å². The van der Waals surface area contributed by atoms with E-state index in [1.807, 2.05) is 31.2 Å². The molecule has 5 nitrogen and oxygen atoms in total. The highest BCUT2D eigenvalue weighted by atomic mass is 32.1. The Labute approximate surface area is 115 Å². The van der Waals surface area contributed by atoms with Crippen LogP contribution in [0.5, 0.6) is 5.75 Å². The minimum atomic E-state index is -0.0947. The summed E-state index contributed by atoms with van der Waals surface area (Å²) in [4.78, 5) is 1.03. The van der Waals surface area contributed by atoms with Crippen LogP contribution >= 0.6 is 11.5 Å². The summed E-state index contributed by atoms with van der Waals surface area (Å²) < 4.78 is 9.77. The Morgan fingerprint density at radius 3 is 2.95 bits per heavy atom. The van der Waals surface area contributed by atoms with Gasteiger partial charge in [-0.2, -0.15) is 0 Å². The van der Waals surface area contributed by atoms with Crippen molar-refractivity contribution < 1.29 is 4.74 Å². The molecule has 100 valence electrons. The number of aromatic nitrogens is 2. The fourth-order valence-electron chi connectivity index (χ4n) is 1.97. The molecule has 0 spiro atoms. The summed E-state index contributed by atoms with van der Waals surface area (Å²) in [7, 11) is 0. The van der Waals surface area contributed by atoms with Gasteiger partial charge >= 0.3 is 0 Å². The SMILES string of the molecule is Cc1nnsc1C(NN)c1cccc(OC2CC2)c1. The number of nitrogens with two attached hydrogens (primary N) is 1. The first-order chi connectivity index (χ1) is 9.28. The molecule has 1 aromatic carbocycles. The molecule has 1 unspecified atom stereocenters. The number of aryl methyl sites for hydroxylation is 1. The molecule has 2 aromatic rings. The van der Waals surface area contributed by atoms with Gasteiger partial charge in [0.15, 0.2) is 0 Å². The lowest BCUT2D eigenvalue weighted by atomic mass is 10.0. The van der Waals surface area contributed by atoms with E-state index in [-0.39, 0.29) is 6.04 Å². The van der Waals surface area contributed by atoms with Crippen molar-refractivity contribution in [2.45, 2.75) is 31.9 Å². The highest BCUT2D eigenvalue weighted by molar-refractivity contribution is 7.05. The van der Waals surface area contributed by atoms with Gasteiger partial charge in [-0.15, -0.1) is 5.10 Å². The van der Waals surface area contributed by atoms with E-state index in [9.17, 15) is 0 Å². The van der Waals surface area contributed by atoms with Gasteiger partial charge in [-0.1, -0.05) is 16.6 Å². The van der Waals surface area contributed by atoms with Gasteiger partial charge in [0.05, 0.1) is 22.7 Å². The van der Waals surface area contributed by atoms with Crippen LogP contribution in [0.25, 0.3) is 0 Å². The highest BCUT2D eigenvalue weighted by Crippen LogP contribution is 2.31. The normalized spacial score (nSPS) is 16.3. The summed E-state index contributed by atoms with van der Waals surface area (Å²) >= 11 is 1.36. The van der Waals surface area contributed by atoms with E-state index < -0.39 is 0 Å². The van der Waals surface area contributed by atoms with Gasteiger partial charge in [0.2, 0.25) is 0 Å². The van der Waals surface area contributed by atoms with Gasteiger partial charge in [-0.3, -0.25) is 5.84 Å². The second-order valence-corrected chi connectivity index (χ2v) is 5.50. The third-order valence-corrected chi connectivity index (χ3v) is 4.03. The number of hydrazine groups is 1. The molecule has 1 saturated carbocycles. The number of hydrogen-bond acceptors (Lipinski definition) is 6. The maximum absolute atomic E-state index is 5.81. The Balaban J connectivity index is 1.88. The Morgan fingerprint density at radius 2 is 2.32 bits per heavy atom. The molecule has 0 aliphatic heterocycles. The zero-order valence-electron chi connectivity index (χ0n) is 10.7. The molecule has 1 aromatic heterocycles. The lowest BCUT2D eigenvalue weighted by Gasteiger charge is -2.16. The second kappa shape index (κ2) is 5.24. The van der Waals surface area contributed by atoms with Crippen molar-refractivity contribution >= 4 is 11.5 Å². The number of benzene rings is 1. The molecule has 1 aliphatic carbocycles. The van der Waals surface area contributed by atoms with Crippen molar-refractivity contribution in [3.05, 3.63) is 40.4 Å². The van der Waals surface area contributed by atoms with Crippen LogP contribution in [-0.2, 0) is 0 Å². The lowest BCUT2D eigenvalue weighted by Crippen LogP contribution is -2.28. The third kappa shape index (κ3) is 2.75. The first kappa shape index (κ1) is 12.5. The topological polar surface area (TPSA) is 73.1 Å². The second-order valence-electron chi connectivity index (χ2n) is 4.71. The average molecular weight is 276 g/mol. The summed E-state index contributed by atoms with van der Waals surface area (Å²) in [6, 6.07) is 7.93. The smallest absolute Gasteiger partial charge is 0.120 e. The molecule has 3 N–H and O–H groups in total. The van der Waals surface area contributed by atoms with E-state index in [1.54, 1.807) is 0 Å². The van der Waals surface area contributed by atoms with Gasteiger partial charge < -0.3 is 4.74 Å². The van der Waals surface area contributed by atoms with E-state index in [2.05, 4.69) is 15.0 Å². The molecule has 1 fully saturated rings. The summed E-state index contributed by atoms with van der Waals surface area (Å²) in [5.74, 6) is 6.59. The summed E-state index contributed by atoms with van der Waals surface area (Å²) in [5, 5.41) is 4.03. The Bertz CT molecular complexity index is 567. The maximum atomic E-state index is 5.81. The molecule has 1 heterocycles. The molecule has 0 radical (unpaired) electrons. The fourth-order valence-corrected chi connectivity index (χ4v) is 2.71. The first-order valence-electron chi connectivity index (χ1n) is 6.29. The molecule has 0 bridgehead atoms. The highest BCUT2D eigenvalue weighted by Gasteiger charge is 2.24. The van der Waals surface area contributed by atoms with Crippen LogP contribution in [0.2, 0.25) is 0 Å². The third-order valence-electron chi connectivity index (χ3n) is 3.13. The van der Waals surface area contributed by atoms with Gasteiger partial charge in [0, 0.05) is 0 Å². The van der Waals surface area contributed by atoms with Crippen LogP contribution in [0, 0.1) is 6.92 Å². The van der Waals surface area contributed by atoms with E-state index in [4.69, 9.17) is 10.6 Å². The van der Waals surface area contributed by atoms with Crippen molar-refractivity contribution in [2.24, 2.45) is 5.84 Å². The Morgan fingerprint density at radius 1 is 1.47 bits per heavy atom. The standard InChI is InChI=1S/C13H16N4OS/c1-8-13(19-17-16-8)12(15-14)9-3-2-4-11(7-9)18-10-5-6-10/h2-4,7,10,12,15H,5-6,14H2,1H3. The largest absolute Gasteiger partial charge is 0.490 e. The van der Waals surface area contributed by atoms with Crippen LogP contribution in [0.3, 0.4) is 0 Å². The van der Waals surface area contributed by atoms with E-state index in [0.29, 0.717) is 6.10 Å². The van der Waals surface area contributed by atoms with Crippen molar-refractivity contribution in [1.29, 1.82) is 0 Å². The van der Waals surface area contributed by atoms with Crippen molar-refractivity contribution in [1.82, 2.24) is 15.0 Å². The lowest BCUT2D eigenvalue weighted by molar-refractivity contribution is 0.302. The number of hydrogen-bond donors (Lipinski definition) is 2. The zero-order chi connectivity index (χ0) is 13.2. The van der Waals surface area contributed by atoms with E-state index in [1.165, 1.54) is 11.5 Å². The minimum Gasteiger partial charge on any atom is -0.490 e. The molecule has 19 heavy (non-hydrogen) atoms. The molecular weight excluding hydrogens is 260 g/mol. The molecule has 0 amide bonds. The molecule has 6 heteroatoms.